The lowest BCUT2D eigenvalue weighted by Crippen LogP contribution is -2.33. The van der Waals surface area contributed by atoms with Gasteiger partial charge in [-0.15, -0.1) is 0 Å². The fraction of sp³-hybridized carbons (Fsp3) is 0.375. The Kier molecular flexibility index (Phi) is 3.21. The number of pyridine rings is 1. The Morgan fingerprint density at radius 3 is 2.55 bits per heavy atom. The van der Waals surface area contributed by atoms with Crippen molar-refractivity contribution in [2.45, 2.75) is 6.54 Å². The summed E-state index contributed by atoms with van der Waals surface area (Å²) in [5, 5.41) is 0. The molecule has 1 amide bonds. The maximum atomic E-state index is 12.6. The molecule has 2 atom stereocenters. The van der Waals surface area contributed by atoms with Gasteiger partial charge in [0.05, 0.1) is 5.92 Å². The van der Waals surface area contributed by atoms with E-state index in [0.29, 0.717) is 12.5 Å². The Morgan fingerprint density at radius 2 is 1.82 bits per heavy atom. The molecule has 2 saturated heterocycles. The van der Waals surface area contributed by atoms with Crippen LogP contribution in [0.5, 0.6) is 0 Å². The van der Waals surface area contributed by atoms with E-state index in [1.54, 1.807) is 24.8 Å². The second-order valence-electron chi connectivity index (χ2n) is 5.89. The summed E-state index contributed by atoms with van der Waals surface area (Å²) >= 11 is 0. The standard InChI is InChI=1S/C16H17N5O/c22-15-14-11-21(16-18-4-1-5-19-16)10-13(14)9-20(15)8-12-2-6-17-7-3-12/h1-7,13-14H,8-11H2/t13-,14+/m1/s1. The summed E-state index contributed by atoms with van der Waals surface area (Å²) in [7, 11) is 0. The van der Waals surface area contributed by atoms with Crippen LogP contribution in [0.1, 0.15) is 5.56 Å². The third-order valence-electron chi connectivity index (χ3n) is 4.48. The van der Waals surface area contributed by atoms with Crippen molar-refractivity contribution in [3.05, 3.63) is 48.5 Å². The van der Waals surface area contributed by atoms with Crippen LogP contribution in [0, 0.1) is 11.8 Å². The van der Waals surface area contributed by atoms with Crippen LogP contribution >= 0.6 is 0 Å². The third-order valence-corrected chi connectivity index (χ3v) is 4.48. The number of hydrogen-bond acceptors (Lipinski definition) is 5. The first-order chi connectivity index (χ1) is 10.8. The summed E-state index contributed by atoms with van der Waals surface area (Å²) in [5.41, 5.74) is 1.13. The zero-order chi connectivity index (χ0) is 14.9. The molecule has 0 saturated carbocycles. The van der Waals surface area contributed by atoms with Crippen molar-refractivity contribution in [1.82, 2.24) is 19.9 Å². The van der Waals surface area contributed by atoms with Gasteiger partial charge >= 0.3 is 0 Å². The number of amides is 1. The zero-order valence-corrected chi connectivity index (χ0v) is 12.2. The first-order valence-corrected chi connectivity index (χ1v) is 7.51. The van der Waals surface area contributed by atoms with Crippen LogP contribution in [0.25, 0.3) is 0 Å². The minimum atomic E-state index is 0.0747. The Labute approximate surface area is 128 Å². The number of anilines is 1. The van der Waals surface area contributed by atoms with Gasteiger partial charge in [-0.1, -0.05) is 0 Å². The lowest BCUT2D eigenvalue weighted by molar-refractivity contribution is -0.131. The second-order valence-corrected chi connectivity index (χ2v) is 5.89. The van der Waals surface area contributed by atoms with Crippen molar-refractivity contribution in [1.29, 1.82) is 0 Å². The van der Waals surface area contributed by atoms with E-state index in [0.717, 1.165) is 31.1 Å². The molecule has 2 aromatic rings. The van der Waals surface area contributed by atoms with Crippen molar-refractivity contribution in [3.63, 3.8) is 0 Å². The van der Waals surface area contributed by atoms with Crippen molar-refractivity contribution in [3.8, 4) is 0 Å². The summed E-state index contributed by atoms with van der Waals surface area (Å²) in [6.45, 7) is 3.07. The van der Waals surface area contributed by atoms with Crippen LogP contribution in [0.15, 0.2) is 43.0 Å². The zero-order valence-electron chi connectivity index (χ0n) is 12.2. The molecule has 0 bridgehead atoms. The number of carbonyl (C=O) groups excluding carboxylic acids is 1. The Hall–Kier alpha value is -2.50. The summed E-state index contributed by atoms with van der Waals surface area (Å²) in [6.07, 6.45) is 7.03. The SMILES string of the molecule is O=C1[C@H]2CN(c3ncccn3)C[C@H]2CN1Cc1ccncc1. The second kappa shape index (κ2) is 5.36. The van der Waals surface area contributed by atoms with Crippen molar-refractivity contribution >= 4 is 11.9 Å². The van der Waals surface area contributed by atoms with Crippen LogP contribution < -0.4 is 4.90 Å². The molecule has 6 heteroatoms. The normalized spacial score (nSPS) is 23.9. The largest absolute Gasteiger partial charge is 0.340 e. The number of rotatable bonds is 3. The highest BCUT2D eigenvalue weighted by Gasteiger charge is 2.46. The average molecular weight is 295 g/mol. The van der Waals surface area contributed by atoms with Gasteiger partial charge in [-0.05, 0) is 23.8 Å². The number of likely N-dealkylation sites (tertiary alicyclic amines) is 1. The van der Waals surface area contributed by atoms with Gasteiger partial charge in [-0.3, -0.25) is 9.78 Å². The van der Waals surface area contributed by atoms with Gasteiger partial charge in [0.1, 0.15) is 0 Å². The van der Waals surface area contributed by atoms with Crippen molar-refractivity contribution in [2.24, 2.45) is 11.8 Å². The maximum absolute atomic E-state index is 12.6. The van der Waals surface area contributed by atoms with Crippen LogP contribution in [0.2, 0.25) is 0 Å². The molecular formula is C16H17N5O. The van der Waals surface area contributed by atoms with E-state index >= 15 is 0 Å². The van der Waals surface area contributed by atoms with E-state index in [2.05, 4.69) is 19.9 Å². The van der Waals surface area contributed by atoms with E-state index in [9.17, 15) is 4.79 Å². The van der Waals surface area contributed by atoms with E-state index in [1.807, 2.05) is 23.1 Å². The molecule has 0 unspecified atom stereocenters. The Balaban J connectivity index is 1.44. The third kappa shape index (κ3) is 2.30. The highest BCUT2D eigenvalue weighted by atomic mass is 16.2. The highest BCUT2D eigenvalue weighted by Crippen LogP contribution is 2.34. The molecule has 2 aromatic heterocycles. The average Bonchev–Trinajstić information content (AvgIpc) is 3.10. The maximum Gasteiger partial charge on any atom is 0.228 e. The van der Waals surface area contributed by atoms with Gasteiger partial charge in [-0.2, -0.15) is 0 Å². The molecule has 0 aromatic carbocycles. The first-order valence-electron chi connectivity index (χ1n) is 7.51. The van der Waals surface area contributed by atoms with Crippen molar-refractivity contribution < 1.29 is 4.79 Å². The molecule has 2 fully saturated rings. The summed E-state index contributed by atoms with van der Waals surface area (Å²) in [4.78, 5) is 29.3. The smallest absolute Gasteiger partial charge is 0.228 e. The van der Waals surface area contributed by atoms with Gasteiger partial charge in [0, 0.05) is 56.9 Å². The van der Waals surface area contributed by atoms with Crippen LogP contribution in [-0.2, 0) is 11.3 Å². The minimum absolute atomic E-state index is 0.0747. The molecule has 4 heterocycles. The van der Waals surface area contributed by atoms with Crippen LogP contribution in [0.4, 0.5) is 5.95 Å². The molecule has 4 rings (SSSR count). The van der Waals surface area contributed by atoms with Crippen molar-refractivity contribution in [2.75, 3.05) is 24.5 Å². The summed E-state index contributed by atoms with van der Waals surface area (Å²) < 4.78 is 0. The minimum Gasteiger partial charge on any atom is -0.340 e. The lowest BCUT2D eigenvalue weighted by Gasteiger charge is -2.21. The number of fused-ring (bicyclic) bond motifs is 1. The molecule has 0 spiro atoms. The number of carbonyl (C=O) groups is 1. The quantitative estimate of drug-likeness (QED) is 0.844. The monoisotopic (exact) mass is 295 g/mol. The van der Waals surface area contributed by atoms with Gasteiger partial charge in [-0.25, -0.2) is 9.97 Å². The molecule has 112 valence electrons. The highest BCUT2D eigenvalue weighted by molar-refractivity contribution is 5.83. The molecule has 2 aliphatic rings. The van der Waals surface area contributed by atoms with Crippen LogP contribution in [0.3, 0.4) is 0 Å². The lowest BCUT2D eigenvalue weighted by atomic mass is 10.0. The predicted molar refractivity (Wildman–Crippen MR) is 80.9 cm³/mol. The molecule has 6 nitrogen and oxygen atoms in total. The fourth-order valence-corrected chi connectivity index (χ4v) is 3.41. The number of aromatic nitrogens is 3. The van der Waals surface area contributed by atoms with E-state index < -0.39 is 0 Å². The van der Waals surface area contributed by atoms with E-state index in [1.165, 1.54) is 0 Å². The number of nitrogens with zero attached hydrogens (tertiary/aromatic N) is 5. The first kappa shape index (κ1) is 13.2. The van der Waals surface area contributed by atoms with Gasteiger partial charge in [0.25, 0.3) is 0 Å². The molecular weight excluding hydrogens is 278 g/mol. The molecule has 0 N–H and O–H groups in total. The molecule has 22 heavy (non-hydrogen) atoms. The van der Waals surface area contributed by atoms with E-state index in [4.69, 9.17) is 0 Å². The Morgan fingerprint density at radius 1 is 1.05 bits per heavy atom. The predicted octanol–water partition coefficient (Wildman–Crippen LogP) is 0.966. The van der Waals surface area contributed by atoms with Gasteiger partial charge < -0.3 is 9.80 Å². The van der Waals surface area contributed by atoms with E-state index in [-0.39, 0.29) is 11.8 Å². The number of hydrogen-bond donors (Lipinski definition) is 0. The summed E-state index contributed by atoms with van der Waals surface area (Å²) in [5.74, 6) is 1.43. The topological polar surface area (TPSA) is 62.2 Å². The van der Waals surface area contributed by atoms with Gasteiger partial charge in [0.15, 0.2) is 0 Å². The molecule has 2 aliphatic heterocycles. The van der Waals surface area contributed by atoms with Gasteiger partial charge in [0.2, 0.25) is 11.9 Å². The Bertz CT molecular complexity index is 663. The molecule has 0 radical (unpaired) electrons. The van der Waals surface area contributed by atoms with Crippen LogP contribution in [-0.4, -0.2) is 45.4 Å². The fourth-order valence-electron chi connectivity index (χ4n) is 3.41. The molecule has 0 aliphatic carbocycles. The summed E-state index contributed by atoms with van der Waals surface area (Å²) in [6, 6.07) is 5.74.